The summed E-state index contributed by atoms with van der Waals surface area (Å²) < 4.78 is 0.585. The number of aromatic nitrogens is 1. The van der Waals surface area contributed by atoms with E-state index in [1.54, 1.807) is 11.3 Å². The van der Waals surface area contributed by atoms with Gasteiger partial charge in [0.15, 0.2) is 0 Å². The smallest absolute Gasteiger partial charge is 0.122 e. The maximum Gasteiger partial charge on any atom is 0.122 e. The molecule has 1 aliphatic rings. The number of pyridine rings is 1. The van der Waals surface area contributed by atoms with Crippen LogP contribution in [0.5, 0.6) is 0 Å². The van der Waals surface area contributed by atoms with Crippen LogP contribution in [-0.2, 0) is 12.8 Å². The van der Waals surface area contributed by atoms with Gasteiger partial charge in [-0.2, -0.15) is 5.26 Å². The molecule has 0 unspecified atom stereocenters. The fourth-order valence-electron chi connectivity index (χ4n) is 2.60. The van der Waals surface area contributed by atoms with E-state index in [1.807, 2.05) is 6.07 Å². The van der Waals surface area contributed by atoms with Crippen molar-refractivity contribution in [2.24, 2.45) is 0 Å². The van der Waals surface area contributed by atoms with Gasteiger partial charge in [0.2, 0.25) is 0 Å². The lowest BCUT2D eigenvalue weighted by Crippen LogP contribution is -2.09. The standard InChI is InChI=1S/C14H12N2S2/c15-8-11-9-4-1-2-5-10(9)13(16-14(11)17)12-6-3-7-18-12/h3,6-7H,1-2,4-5H2,(H,16,17). The first kappa shape index (κ1) is 11.6. The molecule has 2 aromatic rings. The number of hydrogen-bond donors (Lipinski definition) is 1. The number of thiophene rings is 1. The number of rotatable bonds is 1. The van der Waals surface area contributed by atoms with E-state index in [0.29, 0.717) is 10.2 Å². The van der Waals surface area contributed by atoms with Crippen LogP contribution in [0.25, 0.3) is 10.6 Å². The minimum Gasteiger partial charge on any atom is -0.344 e. The highest BCUT2D eigenvalue weighted by molar-refractivity contribution is 7.71. The van der Waals surface area contributed by atoms with Crippen LogP contribution in [0.1, 0.15) is 29.5 Å². The van der Waals surface area contributed by atoms with E-state index < -0.39 is 0 Å². The highest BCUT2D eigenvalue weighted by Gasteiger charge is 2.20. The zero-order valence-corrected chi connectivity index (χ0v) is 11.5. The van der Waals surface area contributed by atoms with Gasteiger partial charge in [0, 0.05) is 0 Å². The Balaban J connectivity index is 2.32. The normalized spacial score (nSPS) is 13.9. The molecule has 0 fully saturated rings. The van der Waals surface area contributed by atoms with Crippen LogP contribution in [0.2, 0.25) is 0 Å². The number of aromatic amines is 1. The van der Waals surface area contributed by atoms with Crippen molar-refractivity contribution < 1.29 is 0 Å². The quantitative estimate of drug-likeness (QED) is 0.789. The molecule has 0 saturated carbocycles. The van der Waals surface area contributed by atoms with Gasteiger partial charge in [0.25, 0.3) is 0 Å². The molecule has 0 aliphatic heterocycles. The third-order valence-corrected chi connectivity index (χ3v) is 4.61. The molecule has 90 valence electrons. The maximum atomic E-state index is 9.26. The predicted molar refractivity (Wildman–Crippen MR) is 76.3 cm³/mol. The minimum atomic E-state index is 0.585. The molecule has 0 aromatic carbocycles. The SMILES string of the molecule is N#Cc1c2c(c(-c3cccs3)[nH]c1=S)CCCC2. The topological polar surface area (TPSA) is 39.6 Å². The molecule has 2 aromatic heterocycles. The fraction of sp³-hybridized carbons (Fsp3) is 0.286. The van der Waals surface area contributed by atoms with Crippen LogP contribution < -0.4 is 0 Å². The largest absolute Gasteiger partial charge is 0.344 e. The van der Waals surface area contributed by atoms with E-state index in [0.717, 1.165) is 25.0 Å². The molecule has 0 spiro atoms. The molecular formula is C14H12N2S2. The monoisotopic (exact) mass is 272 g/mol. The summed E-state index contributed by atoms with van der Waals surface area (Å²) in [6, 6.07) is 6.41. The van der Waals surface area contributed by atoms with Crippen LogP contribution in [0, 0.1) is 16.0 Å². The summed E-state index contributed by atoms with van der Waals surface area (Å²) in [6.07, 6.45) is 4.38. The van der Waals surface area contributed by atoms with Gasteiger partial charge in [0.05, 0.1) is 16.1 Å². The lowest BCUT2D eigenvalue weighted by Gasteiger charge is -2.20. The van der Waals surface area contributed by atoms with Crippen molar-refractivity contribution >= 4 is 23.6 Å². The predicted octanol–water partition coefficient (Wildman–Crippen LogP) is 4.22. The van der Waals surface area contributed by atoms with E-state index >= 15 is 0 Å². The molecule has 0 saturated heterocycles. The van der Waals surface area contributed by atoms with Gasteiger partial charge < -0.3 is 4.98 Å². The molecule has 1 N–H and O–H groups in total. The van der Waals surface area contributed by atoms with Gasteiger partial charge in [-0.25, -0.2) is 0 Å². The van der Waals surface area contributed by atoms with E-state index in [2.05, 4.69) is 22.5 Å². The summed E-state index contributed by atoms with van der Waals surface area (Å²) in [5, 5.41) is 11.3. The number of H-pyrrole nitrogens is 1. The lowest BCUT2D eigenvalue weighted by atomic mass is 9.88. The van der Waals surface area contributed by atoms with Crippen molar-refractivity contribution in [3.05, 3.63) is 38.8 Å². The van der Waals surface area contributed by atoms with Crippen molar-refractivity contribution in [3.8, 4) is 16.6 Å². The minimum absolute atomic E-state index is 0.585. The average molecular weight is 272 g/mol. The van der Waals surface area contributed by atoms with E-state index in [9.17, 15) is 5.26 Å². The van der Waals surface area contributed by atoms with Crippen molar-refractivity contribution in [3.63, 3.8) is 0 Å². The molecule has 4 heteroatoms. The Morgan fingerprint density at radius 3 is 2.72 bits per heavy atom. The number of fused-ring (bicyclic) bond motifs is 1. The Hall–Kier alpha value is -1.44. The summed E-state index contributed by atoms with van der Waals surface area (Å²) in [7, 11) is 0. The summed E-state index contributed by atoms with van der Waals surface area (Å²) in [5.41, 5.74) is 4.29. The zero-order chi connectivity index (χ0) is 12.5. The molecule has 1 aliphatic carbocycles. The van der Waals surface area contributed by atoms with Crippen LogP contribution in [0.4, 0.5) is 0 Å². The second kappa shape index (κ2) is 4.68. The Bertz CT molecular complexity index is 675. The van der Waals surface area contributed by atoms with Gasteiger partial charge in [-0.05, 0) is 48.3 Å². The van der Waals surface area contributed by atoms with Gasteiger partial charge >= 0.3 is 0 Å². The Morgan fingerprint density at radius 2 is 2.06 bits per heavy atom. The van der Waals surface area contributed by atoms with E-state index in [4.69, 9.17) is 12.2 Å². The van der Waals surface area contributed by atoms with E-state index in [1.165, 1.54) is 22.4 Å². The fourth-order valence-corrected chi connectivity index (χ4v) is 3.62. The van der Waals surface area contributed by atoms with Gasteiger partial charge in [0.1, 0.15) is 10.7 Å². The number of nitrogens with one attached hydrogen (secondary N) is 1. The molecule has 0 bridgehead atoms. The zero-order valence-electron chi connectivity index (χ0n) is 9.82. The van der Waals surface area contributed by atoms with Crippen molar-refractivity contribution in [2.75, 3.05) is 0 Å². The lowest BCUT2D eigenvalue weighted by molar-refractivity contribution is 0.682. The highest BCUT2D eigenvalue weighted by Crippen LogP contribution is 2.34. The summed E-state index contributed by atoms with van der Waals surface area (Å²) in [5.74, 6) is 0. The summed E-state index contributed by atoms with van der Waals surface area (Å²) in [4.78, 5) is 4.47. The first-order valence-corrected chi connectivity index (χ1v) is 7.32. The maximum absolute atomic E-state index is 9.26. The summed E-state index contributed by atoms with van der Waals surface area (Å²) in [6.45, 7) is 0. The van der Waals surface area contributed by atoms with Crippen LogP contribution in [0.15, 0.2) is 17.5 Å². The van der Waals surface area contributed by atoms with E-state index in [-0.39, 0.29) is 0 Å². The third kappa shape index (κ3) is 1.80. The second-order valence-corrected chi connectivity index (χ2v) is 5.81. The number of nitrogens with zero attached hydrogens (tertiary/aromatic N) is 1. The first-order valence-electron chi connectivity index (χ1n) is 6.03. The third-order valence-electron chi connectivity index (χ3n) is 3.42. The second-order valence-electron chi connectivity index (χ2n) is 4.46. The summed E-state index contributed by atoms with van der Waals surface area (Å²) >= 11 is 7.04. The van der Waals surface area contributed by atoms with Crippen molar-refractivity contribution in [1.82, 2.24) is 4.98 Å². The molecule has 0 atom stereocenters. The number of hydrogen-bond acceptors (Lipinski definition) is 3. The molecule has 3 rings (SSSR count). The van der Waals surface area contributed by atoms with Crippen LogP contribution >= 0.6 is 23.6 Å². The molecule has 2 nitrogen and oxygen atoms in total. The van der Waals surface area contributed by atoms with Gasteiger partial charge in [-0.3, -0.25) is 0 Å². The number of nitriles is 1. The van der Waals surface area contributed by atoms with Gasteiger partial charge in [-0.1, -0.05) is 18.3 Å². The molecule has 0 radical (unpaired) electrons. The average Bonchev–Trinajstić information content (AvgIpc) is 2.91. The Morgan fingerprint density at radius 1 is 1.28 bits per heavy atom. The Labute approximate surface area is 115 Å². The van der Waals surface area contributed by atoms with Crippen LogP contribution in [0.3, 0.4) is 0 Å². The highest BCUT2D eigenvalue weighted by atomic mass is 32.1. The van der Waals surface area contributed by atoms with Gasteiger partial charge in [-0.15, -0.1) is 11.3 Å². The molecular weight excluding hydrogens is 260 g/mol. The van der Waals surface area contributed by atoms with Crippen molar-refractivity contribution in [1.29, 1.82) is 5.26 Å². The molecule has 0 amide bonds. The molecule has 2 heterocycles. The van der Waals surface area contributed by atoms with Crippen molar-refractivity contribution in [2.45, 2.75) is 25.7 Å². The molecule has 18 heavy (non-hydrogen) atoms. The Kier molecular flexibility index (Phi) is 3.02. The first-order chi connectivity index (χ1) is 8.81. The van der Waals surface area contributed by atoms with Crippen LogP contribution in [-0.4, -0.2) is 4.98 Å².